The average Bonchev–Trinajstić information content (AvgIpc) is 3.36. The third-order valence-electron chi connectivity index (χ3n) is 6.10. The number of pyridine rings is 1. The molecule has 1 aromatic carbocycles. The number of hydrogen-bond acceptors (Lipinski definition) is 5. The van der Waals surface area contributed by atoms with Crippen LogP contribution in [0, 0.1) is 18.8 Å². The van der Waals surface area contributed by atoms with E-state index >= 15 is 0 Å². The number of aromatic nitrogens is 3. The summed E-state index contributed by atoms with van der Waals surface area (Å²) in [6.45, 7) is 4.56. The van der Waals surface area contributed by atoms with E-state index in [4.69, 9.17) is 0 Å². The molecular weight excluding hydrogens is 398 g/mol. The Morgan fingerprint density at radius 1 is 1.10 bits per heavy atom. The van der Waals surface area contributed by atoms with E-state index in [0.717, 1.165) is 25.2 Å². The van der Waals surface area contributed by atoms with Crippen LogP contribution in [0.4, 0.5) is 0 Å². The number of likely N-dealkylation sites (tertiary alicyclic amines) is 1. The summed E-state index contributed by atoms with van der Waals surface area (Å²) < 4.78 is 0. The highest BCUT2D eigenvalue weighted by Gasteiger charge is 2.47. The zero-order valence-electron chi connectivity index (χ0n) is 16.7. The zero-order chi connectivity index (χ0) is 19.8. The highest BCUT2D eigenvalue weighted by atomic mass is 35.5. The molecule has 4 heterocycles. The third kappa shape index (κ3) is 3.57. The van der Waals surface area contributed by atoms with Crippen molar-refractivity contribution in [2.45, 2.75) is 13.0 Å². The molecule has 7 heteroatoms. The number of nitrogens with zero attached hydrogens (tertiary/aromatic N) is 4. The minimum atomic E-state index is 0. The first-order chi connectivity index (χ1) is 14.2. The van der Waals surface area contributed by atoms with Crippen LogP contribution in [0.2, 0.25) is 0 Å². The SMILES string of the molecule is Cc1nc(-c2cccnc2)ncc1C(=O)N1C[C@@H]2CNC[C@@H]2[C@@H]1c1ccccc1.Cl. The van der Waals surface area contributed by atoms with Gasteiger partial charge >= 0.3 is 0 Å². The molecule has 0 aliphatic carbocycles. The lowest BCUT2D eigenvalue weighted by molar-refractivity contribution is 0.0712. The molecule has 5 rings (SSSR count). The van der Waals surface area contributed by atoms with Gasteiger partial charge in [0.25, 0.3) is 5.91 Å². The Morgan fingerprint density at radius 3 is 2.67 bits per heavy atom. The fraction of sp³-hybridized carbons (Fsp3) is 0.304. The molecule has 3 atom stereocenters. The van der Waals surface area contributed by atoms with Gasteiger partial charge in [0.1, 0.15) is 0 Å². The maximum atomic E-state index is 13.5. The molecule has 1 amide bonds. The van der Waals surface area contributed by atoms with Gasteiger partial charge in [0.15, 0.2) is 5.82 Å². The van der Waals surface area contributed by atoms with E-state index in [1.54, 1.807) is 18.6 Å². The number of hydrogen-bond donors (Lipinski definition) is 1. The molecule has 0 spiro atoms. The summed E-state index contributed by atoms with van der Waals surface area (Å²) >= 11 is 0. The van der Waals surface area contributed by atoms with Crippen molar-refractivity contribution >= 4 is 18.3 Å². The minimum Gasteiger partial charge on any atom is -0.331 e. The van der Waals surface area contributed by atoms with E-state index in [2.05, 4.69) is 32.4 Å². The largest absolute Gasteiger partial charge is 0.331 e. The number of aryl methyl sites for hydroxylation is 1. The fourth-order valence-electron chi connectivity index (χ4n) is 4.67. The zero-order valence-corrected chi connectivity index (χ0v) is 17.5. The predicted molar refractivity (Wildman–Crippen MR) is 117 cm³/mol. The summed E-state index contributed by atoms with van der Waals surface area (Å²) in [6.07, 6.45) is 5.12. The smallest absolute Gasteiger partial charge is 0.257 e. The van der Waals surface area contributed by atoms with Crippen LogP contribution in [0.5, 0.6) is 0 Å². The van der Waals surface area contributed by atoms with Crippen LogP contribution in [-0.2, 0) is 0 Å². The molecule has 0 saturated carbocycles. The van der Waals surface area contributed by atoms with Gasteiger partial charge in [0.2, 0.25) is 0 Å². The lowest BCUT2D eigenvalue weighted by Crippen LogP contribution is -2.35. The van der Waals surface area contributed by atoms with Gasteiger partial charge in [-0.25, -0.2) is 9.97 Å². The monoisotopic (exact) mass is 421 g/mol. The Hall–Kier alpha value is -2.83. The van der Waals surface area contributed by atoms with Crippen molar-refractivity contribution < 1.29 is 4.79 Å². The Kier molecular flexibility index (Phi) is 5.79. The van der Waals surface area contributed by atoms with Crippen molar-refractivity contribution in [1.29, 1.82) is 0 Å². The van der Waals surface area contributed by atoms with E-state index in [-0.39, 0.29) is 24.4 Å². The molecule has 0 radical (unpaired) electrons. The van der Waals surface area contributed by atoms with E-state index < -0.39 is 0 Å². The fourth-order valence-corrected chi connectivity index (χ4v) is 4.67. The number of halogens is 1. The molecule has 6 nitrogen and oxygen atoms in total. The molecule has 2 fully saturated rings. The Morgan fingerprint density at radius 2 is 1.93 bits per heavy atom. The highest BCUT2D eigenvalue weighted by molar-refractivity contribution is 5.95. The van der Waals surface area contributed by atoms with Crippen LogP contribution >= 0.6 is 12.4 Å². The molecule has 0 bridgehead atoms. The standard InChI is InChI=1S/C23H23N5O.ClH/c1-15-19(13-26-22(27-15)17-8-5-9-24-10-17)23(29)28-14-18-11-25-12-20(18)21(28)16-6-3-2-4-7-16;/h2-10,13,18,20-21,25H,11-12,14H2,1H3;1H/t18-,20-,21-;/m0./s1. The van der Waals surface area contributed by atoms with Gasteiger partial charge in [-0.3, -0.25) is 9.78 Å². The van der Waals surface area contributed by atoms with Crippen molar-refractivity contribution in [2.75, 3.05) is 19.6 Å². The van der Waals surface area contributed by atoms with Crippen molar-refractivity contribution in [1.82, 2.24) is 25.2 Å². The molecule has 1 N–H and O–H groups in total. The maximum Gasteiger partial charge on any atom is 0.257 e. The molecule has 2 aliphatic heterocycles. The van der Waals surface area contributed by atoms with Crippen LogP contribution in [0.15, 0.2) is 61.1 Å². The molecule has 2 aliphatic rings. The lowest BCUT2D eigenvalue weighted by Gasteiger charge is -2.28. The van der Waals surface area contributed by atoms with Gasteiger partial charge in [-0.05, 0) is 30.5 Å². The van der Waals surface area contributed by atoms with Gasteiger partial charge < -0.3 is 10.2 Å². The van der Waals surface area contributed by atoms with Crippen LogP contribution in [0.3, 0.4) is 0 Å². The second kappa shape index (κ2) is 8.50. The number of rotatable bonds is 3. The second-order valence-electron chi connectivity index (χ2n) is 7.83. The summed E-state index contributed by atoms with van der Waals surface area (Å²) in [4.78, 5) is 28.8. The predicted octanol–water partition coefficient (Wildman–Crippen LogP) is 3.30. The number of carbonyl (C=O) groups is 1. The number of carbonyl (C=O) groups excluding carboxylic acids is 1. The molecule has 0 unspecified atom stereocenters. The van der Waals surface area contributed by atoms with E-state index in [0.29, 0.717) is 28.9 Å². The van der Waals surface area contributed by atoms with Crippen molar-refractivity contribution in [3.63, 3.8) is 0 Å². The minimum absolute atomic E-state index is 0. The second-order valence-corrected chi connectivity index (χ2v) is 7.83. The van der Waals surface area contributed by atoms with E-state index in [9.17, 15) is 4.79 Å². The van der Waals surface area contributed by atoms with Crippen LogP contribution in [-0.4, -0.2) is 45.4 Å². The quantitative estimate of drug-likeness (QED) is 0.702. The van der Waals surface area contributed by atoms with Gasteiger partial charge in [0, 0.05) is 49.7 Å². The Balaban J connectivity index is 0.00000218. The summed E-state index contributed by atoms with van der Waals surface area (Å²) in [7, 11) is 0. The maximum absolute atomic E-state index is 13.5. The summed E-state index contributed by atoms with van der Waals surface area (Å²) in [5, 5.41) is 3.49. The Labute approximate surface area is 182 Å². The molecule has 2 saturated heterocycles. The summed E-state index contributed by atoms with van der Waals surface area (Å²) in [6, 6.07) is 14.2. The lowest BCUT2D eigenvalue weighted by atomic mass is 9.89. The van der Waals surface area contributed by atoms with Gasteiger partial charge in [0.05, 0.1) is 17.3 Å². The van der Waals surface area contributed by atoms with Gasteiger partial charge in [-0.15, -0.1) is 12.4 Å². The first-order valence-corrected chi connectivity index (χ1v) is 10.0. The number of fused-ring (bicyclic) bond motifs is 1. The first kappa shape index (κ1) is 20.4. The third-order valence-corrected chi connectivity index (χ3v) is 6.10. The van der Waals surface area contributed by atoms with Crippen LogP contribution in [0.1, 0.15) is 27.7 Å². The van der Waals surface area contributed by atoms with Gasteiger partial charge in [-0.2, -0.15) is 0 Å². The Bertz CT molecular complexity index is 1030. The van der Waals surface area contributed by atoms with Crippen LogP contribution < -0.4 is 5.32 Å². The van der Waals surface area contributed by atoms with Crippen molar-refractivity contribution in [3.8, 4) is 11.4 Å². The highest BCUT2D eigenvalue weighted by Crippen LogP contribution is 2.43. The molecule has 30 heavy (non-hydrogen) atoms. The van der Waals surface area contributed by atoms with Gasteiger partial charge in [-0.1, -0.05) is 30.3 Å². The molecular formula is C23H24ClN5O. The normalized spacial score (nSPS) is 22.4. The molecule has 154 valence electrons. The summed E-state index contributed by atoms with van der Waals surface area (Å²) in [5.41, 5.74) is 3.32. The van der Waals surface area contributed by atoms with Crippen molar-refractivity contribution in [2.24, 2.45) is 11.8 Å². The molecule has 3 aromatic rings. The van der Waals surface area contributed by atoms with E-state index in [1.807, 2.05) is 42.2 Å². The first-order valence-electron chi connectivity index (χ1n) is 10.0. The topological polar surface area (TPSA) is 71.0 Å². The van der Waals surface area contributed by atoms with Crippen molar-refractivity contribution in [3.05, 3.63) is 77.9 Å². The number of benzene rings is 1. The molecule has 2 aromatic heterocycles. The number of nitrogens with one attached hydrogen (secondary N) is 1. The van der Waals surface area contributed by atoms with E-state index in [1.165, 1.54) is 5.56 Å². The average molecular weight is 422 g/mol. The number of amides is 1. The van der Waals surface area contributed by atoms with Crippen LogP contribution in [0.25, 0.3) is 11.4 Å². The summed E-state index contributed by atoms with van der Waals surface area (Å²) in [5.74, 6) is 1.54.